The fraction of sp³-hybridized carbons (Fsp3) is 0.350. The molecule has 0 radical (unpaired) electrons. The predicted octanol–water partition coefficient (Wildman–Crippen LogP) is 1.81. The number of carbonyl (C=O) groups is 1. The molecule has 0 aliphatic rings. The maximum atomic E-state index is 12.2. The molecular weight excluding hydrogens is 372 g/mol. The summed E-state index contributed by atoms with van der Waals surface area (Å²) in [5.74, 6) is 0.111. The molecule has 0 aliphatic heterocycles. The van der Waals surface area contributed by atoms with Crippen molar-refractivity contribution in [2.45, 2.75) is 39.8 Å². The van der Waals surface area contributed by atoms with Crippen molar-refractivity contribution in [1.82, 2.24) is 19.6 Å². The number of hydrogen-bond acceptors (Lipinski definition) is 6. The first-order valence-corrected chi connectivity index (χ1v) is 9.12. The second kappa shape index (κ2) is 7.25. The first-order chi connectivity index (χ1) is 13.5. The number of aliphatic hydroxyl groups is 1. The van der Waals surface area contributed by atoms with Crippen LogP contribution in [-0.2, 0) is 6.54 Å². The van der Waals surface area contributed by atoms with Gasteiger partial charge in [-0.15, -0.1) is 0 Å². The zero-order chi connectivity index (χ0) is 21.5. The van der Waals surface area contributed by atoms with E-state index in [0.29, 0.717) is 17.1 Å². The van der Waals surface area contributed by atoms with Crippen LogP contribution < -0.4 is 16.2 Å². The molecule has 0 atom stereocenters. The standard InChI is InChI=1S/C20H26N6O3/c1-11-6-7-14(29-5)12(2)17(11)26-18(21)15(19(22)27)16(24-26)13-8-9-25(23-13)10-20(3,4)28/h6-9,28H,10,21H2,1-5H3,(H2,22,27). The molecule has 29 heavy (non-hydrogen) atoms. The van der Waals surface area contributed by atoms with E-state index in [0.717, 1.165) is 11.1 Å². The van der Waals surface area contributed by atoms with Crippen LogP contribution in [0.2, 0.25) is 0 Å². The molecule has 0 saturated carbocycles. The van der Waals surface area contributed by atoms with Gasteiger partial charge >= 0.3 is 0 Å². The highest BCUT2D eigenvalue weighted by atomic mass is 16.5. The largest absolute Gasteiger partial charge is 0.496 e. The fourth-order valence-electron chi connectivity index (χ4n) is 3.36. The number of anilines is 1. The third-order valence-electron chi connectivity index (χ3n) is 4.61. The lowest BCUT2D eigenvalue weighted by atomic mass is 10.1. The van der Waals surface area contributed by atoms with Crippen molar-refractivity contribution < 1.29 is 14.6 Å². The van der Waals surface area contributed by atoms with Crippen molar-refractivity contribution in [3.8, 4) is 22.8 Å². The molecule has 154 valence electrons. The number of benzene rings is 1. The van der Waals surface area contributed by atoms with Crippen LogP contribution in [0.5, 0.6) is 5.75 Å². The van der Waals surface area contributed by atoms with Gasteiger partial charge in [0.1, 0.15) is 28.5 Å². The second-order valence-electron chi connectivity index (χ2n) is 7.65. The van der Waals surface area contributed by atoms with Crippen molar-refractivity contribution in [3.05, 3.63) is 41.1 Å². The Bertz CT molecular complexity index is 1070. The van der Waals surface area contributed by atoms with E-state index in [-0.39, 0.29) is 23.6 Å². The Hall–Kier alpha value is -3.33. The number of carbonyl (C=O) groups excluding carboxylic acids is 1. The van der Waals surface area contributed by atoms with Crippen molar-refractivity contribution in [3.63, 3.8) is 0 Å². The minimum atomic E-state index is -0.941. The Morgan fingerprint density at radius 3 is 2.52 bits per heavy atom. The molecule has 2 aromatic heterocycles. The Balaban J connectivity index is 2.19. The average molecular weight is 398 g/mol. The Morgan fingerprint density at radius 1 is 1.24 bits per heavy atom. The number of nitrogens with zero attached hydrogens (tertiary/aromatic N) is 4. The van der Waals surface area contributed by atoms with Crippen LogP contribution in [0.4, 0.5) is 5.82 Å². The minimum absolute atomic E-state index is 0.0973. The van der Waals surface area contributed by atoms with Gasteiger partial charge in [0.2, 0.25) is 0 Å². The molecule has 0 aliphatic carbocycles. The molecule has 0 fully saturated rings. The molecule has 0 bridgehead atoms. The summed E-state index contributed by atoms with van der Waals surface area (Å²) >= 11 is 0. The van der Waals surface area contributed by atoms with Gasteiger partial charge in [0.15, 0.2) is 0 Å². The molecule has 2 heterocycles. The summed E-state index contributed by atoms with van der Waals surface area (Å²) in [4.78, 5) is 12.2. The Labute approximate surface area is 168 Å². The van der Waals surface area contributed by atoms with Crippen molar-refractivity contribution in [2.24, 2.45) is 5.73 Å². The quantitative estimate of drug-likeness (QED) is 0.580. The van der Waals surface area contributed by atoms with Gasteiger partial charge in [-0.1, -0.05) is 6.07 Å². The summed E-state index contributed by atoms with van der Waals surface area (Å²) in [6.45, 7) is 7.46. The summed E-state index contributed by atoms with van der Waals surface area (Å²) < 4.78 is 8.49. The van der Waals surface area contributed by atoms with E-state index in [1.165, 1.54) is 4.68 Å². The van der Waals surface area contributed by atoms with Gasteiger partial charge in [0.25, 0.3) is 5.91 Å². The second-order valence-corrected chi connectivity index (χ2v) is 7.65. The summed E-state index contributed by atoms with van der Waals surface area (Å²) in [7, 11) is 1.59. The monoisotopic (exact) mass is 398 g/mol. The molecule has 1 aromatic carbocycles. The number of aryl methyl sites for hydroxylation is 1. The summed E-state index contributed by atoms with van der Waals surface area (Å²) in [5, 5.41) is 19.0. The van der Waals surface area contributed by atoms with E-state index in [2.05, 4.69) is 10.2 Å². The van der Waals surface area contributed by atoms with E-state index < -0.39 is 11.5 Å². The molecule has 0 unspecified atom stereocenters. The topological polar surface area (TPSA) is 134 Å². The zero-order valence-corrected chi connectivity index (χ0v) is 17.2. The molecule has 1 amide bonds. The molecule has 5 N–H and O–H groups in total. The first-order valence-electron chi connectivity index (χ1n) is 9.12. The Morgan fingerprint density at radius 2 is 1.93 bits per heavy atom. The number of nitrogen functional groups attached to an aromatic ring is 1. The summed E-state index contributed by atoms with van der Waals surface area (Å²) in [6, 6.07) is 5.46. The van der Waals surface area contributed by atoms with Crippen molar-refractivity contribution in [1.29, 1.82) is 0 Å². The first kappa shape index (κ1) is 20.4. The number of methoxy groups -OCH3 is 1. The summed E-state index contributed by atoms with van der Waals surface area (Å²) in [5.41, 5.74) is 14.2. The van der Waals surface area contributed by atoms with Gasteiger partial charge in [0.05, 0.1) is 24.9 Å². The van der Waals surface area contributed by atoms with Gasteiger partial charge in [-0.3, -0.25) is 9.48 Å². The van der Waals surface area contributed by atoms with Gasteiger partial charge in [-0.2, -0.15) is 10.2 Å². The highest BCUT2D eigenvalue weighted by Gasteiger charge is 2.26. The molecule has 0 saturated heterocycles. The molecular formula is C20H26N6O3. The number of rotatable bonds is 6. The van der Waals surface area contributed by atoms with Crippen LogP contribution >= 0.6 is 0 Å². The Kier molecular flexibility index (Phi) is 5.10. The van der Waals surface area contributed by atoms with Gasteiger partial charge in [0, 0.05) is 11.8 Å². The number of hydrogen-bond donors (Lipinski definition) is 3. The van der Waals surface area contributed by atoms with Gasteiger partial charge < -0.3 is 21.3 Å². The average Bonchev–Trinajstić information content (AvgIpc) is 3.18. The van der Waals surface area contributed by atoms with E-state index in [1.54, 1.807) is 37.9 Å². The third-order valence-corrected chi connectivity index (χ3v) is 4.61. The maximum Gasteiger partial charge on any atom is 0.254 e. The van der Waals surface area contributed by atoms with E-state index in [1.807, 2.05) is 26.0 Å². The highest BCUT2D eigenvalue weighted by Crippen LogP contribution is 2.33. The number of amides is 1. The van der Waals surface area contributed by atoms with Crippen LogP contribution in [0, 0.1) is 13.8 Å². The van der Waals surface area contributed by atoms with Crippen LogP contribution in [0.25, 0.3) is 17.1 Å². The van der Waals surface area contributed by atoms with Crippen LogP contribution in [0.3, 0.4) is 0 Å². The normalized spacial score (nSPS) is 11.7. The lowest BCUT2D eigenvalue weighted by molar-refractivity contribution is 0.0578. The SMILES string of the molecule is COc1ccc(C)c(-n2nc(-c3ccn(CC(C)(C)O)n3)c(C(N)=O)c2N)c1C. The summed E-state index contributed by atoms with van der Waals surface area (Å²) in [6.07, 6.45) is 1.70. The van der Waals surface area contributed by atoms with Crippen LogP contribution in [-0.4, -0.2) is 43.3 Å². The van der Waals surface area contributed by atoms with Gasteiger partial charge in [-0.25, -0.2) is 4.68 Å². The maximum absolute atomic E-state index is 12.2. The van der Waals surface area contributed by atoms with E-state index in [4.69, 9.17) is 16.2 Å². The fourth-order valence-corrected chi connectivity index (χ4v) is 3.36. The number of aromatic nitrogens is 4. The predicted molar refractivity (Wildman–Crippen MR) is 110 cm³/mol. The van der Waals surface area contributed by atoms with Gasteiger partial charge in [-0.05, 0) is 45.4 Å². The zero-order valence-electron chi connectivity index (χ0n) is 17.2. The van der Waals surface area contributed by atoms with E-state index in [9.17, 15) is 9.90 Å². The molecule has 0 spiro atoms. The number of nitrogens with two attached hydrogens (primary N) is 2. The lowest BCUT2D eigenvalue weighted by Gasteiger charge is -2.16. The molecule has 9 heteroatoms. The van der Waals surface area contributed by atoms with Crippen LogP contribution in [0.15, 0.2) is 24.4 Å². The minimum Gasteiger partial charge on any atom is -0.496 e. The van der Waals surface area contributed by atoms with Crippen LogP contribution in [0.1, 0.15) is 35.3 Å². The molecule has 9 nitrogen and oxygen atoms in total. The number of ether oxygens (including phenoxy) is 1. The van der Waals surface area contributed by atoms with Crippen molar-refractivity contribution in [2.75, 3.05) is 12.8 Å². The molecule has 3 aromatic rings. The smallest absolute Gasteiger partial charge is 0.254 e. The lowest BCUT2D eigenvalue weighted by Crippen LogP contribution is -2.26. The van der Waals surface area contributed by atoms with Crippen molar-refractivity contribution >= 4 is 11.7 Å². The number of primary amides is 1. The highest BCUT2D eigenvalue weighted by molar-refractivity contribution is 6.03. The molecule has 3 rings (SSSR count). The van der Waals surface area contributed by atoms with E-state index >= 15 is 0 Å². The third kappa shape index (κ3) is 3.81.